The molecule has 0 amide bonds. The molecule has 1 aromatic carbocycles. The molecule has 0 saturated carbocycles. The number of nitrogens with zero attached hydrogens (tertiary/aromatic N) is 1. The molecule has 1 fully saturated rings. The third-order valence-electron chi connectivity index (χ3n) is 3.38. The molecular weight excluding hydrogens is 389 g/mol. The van der Waals surface area contributed by atoms with Crippen molar-refractivity contribution in [3.63, 3.8) is 0 Å². The van der Waals surface area contributed by atoms with E-state index in [1.807, 2.05) is 0 Å². The number of benzene rings is 1. The van der Waals surface area contributed by atoms with Crippen LogP contribution < -0.4 is 5.32 Å². The van der Waals surface area contributed by atoms with Crippen molar-refractivity contribution in [3.05, 3.63) is 33.3 Å². The summed E-state index contributed by atoms with van der Waals surface area (Å²) in [4.78, 5) is 1.70. The number of aliphatic hydroxyl groups is 1. The molecule has 0 aromatic heterocycles. The Morgan fingerprint density at radius 2 is 2.00 bits per heavy atom. The van der Waals surface area contributed by atoms with E-state index in [1.54, 1.807) is 23.1 Å². The molecule has 2 rings (SSSR count). The van der Waals surface area contributed by atoms with Gasteiger partial charge in [-0.05, 0) is 17.7 Å². The Kier molecular flexibility index (Phi) is 7.30. The first-order valence-corrected chi connectivity index (χ1v) is 7.51. The number of nitrogens with one attached hydrogen (secondary N) is 1. The Hall–Kier alpha value is 0.0200. The molecule has 0 bridgehead atoms. The standard InChI is InChI=1S/C13H16BrClF2N2O.ClH/c14-11-7-9(15)1-2-10(11)12(13(16,17)8-20)19-5-3-18-4-6-19;/h1-2,7,12,18,20H,3-6,8H2;1H/t12-;/m1./s1. The smallest absolute Gasteiger partial charge is 0.289 e. The van der Waals surface area contributed by atoms with Crippen molar-refractivity contribution in [2.24, 2.45) is 0 Å². The van der Waals surface area contributed by atoms with Gasteiger partial charge in [-0.3, -0.25) is 4.90 Å². The molecule has 21 heavy (non-hydrogen) atoms. The lowest BCUT2D eigenvalue weighted by atomic mass is 9.98. The van der Waals surface area contributed by atoms with Crippen LogP contribution in [0, 0.1) is 0 Å². The van der Waals surface area contributed by atoms with Crippen LogP contribution >= 0.6 is 39.9 Å². The second-order valence-electron chi connectivity index (χ2n) is 4.77. The molecule has 120 valence electrons. The first-order chi connectivity index (χ1) is 9.45. The second kappa shape index (κ2) is 8.04. The highest BCUT2D eigenvalue weighted by Gasteiger charge is 2.44. The fourth-order valence-corrected chi connectivity index (χ4v) is 3.34. The molecule has 1 aliphatic rings. The maximum absolute atomic E-state index is 14.2. The van der Waals surface area contributed by atoms with Gasteiger partial charge in [-0.25, -0.2) is 8.78 Å². The second-order valence-corrected chi connectivity index (χ2v) is 6.06. The summed E-state index contributed by atoms with van der Waals surface area (Å²) in [5, 5.41) is 12.7. The van der Waals surface area contributed by atoms with Crippen LogP contribution in [0.25, 0.3) is 0 Å². The molecule has 0 spiro atoms. The van der Waals surface area contributed by atoms with Gasteiger partial charge < -0.3 is 10.4 Å². The molecule has 0 radical (unpaired) electrons. The number of hydrogen-bond donors (Lipinski definition) is 2. The van der Waals surface area contributed by atoms with Crippen molar-refractivity contribution >= 4 is 39.9 Å². The van der Waals surface area contributed by atoms with Crippen LogP contribution in [-0.4, -0.2) is 48.7 Å². The molecule has 1 aliphatic heterocycles. The molecule has 3 nitrogen and oxygen atoms in total. The normalized spacial score (nSPS) is 18.1. The average Bonchev–Trinajstić information content (AvgIpc) is 2.43. The number of alkyl halides is 2. The van der Waals surface area contributed by atoms with Gasteiger partial charge in [0, 0.05) is 35.7 Å². The van der Waals surface area contributed by atoms with Crippen molar-refractivity contribution in [2.45, 2.75) is 12.0 Å². The Labute approximate surface area is 142 Å². The minimum Gasteiger partial charge on any atom is -0.390 e. The van der Waals surface area contributed by atoms with Gasteiger partial charge in [-0.2, -0.15) is 0 Å². The minimum absolute atomic E-state index is 0. The molecule has 1 saturated heterocycles. The SMILES string of the molecule is Cl.OCC(F)(F)[C@@H](c1ccc(Cl)cc1Br)N1CCNCC1. The number of hydrogen-bond acceptors (Lipinski definition) is 3. The summed E-state index contributed by atoms with van der Waals surface area (Å²) < 4.78 is 28.9. The highest BCUT2D eigenvalue weighted by atomic mass is 79.9. The zero-order valence-corrected chi connectivity index (χ0v) is 14.3. The largest absolute Gasteiger partial charge is 0.390 e. The summed E-state index contributed by atoms with van der Waals surface area (Å²) in [5.41, 5.74) is 0.440. The first-order valence-electron chi connectivity index (χ1n) is 6.34. The summed E-state index contributed by atoms with van der Waals surface area (Å²) in [6, 6.07) is 3.60. The summed E-state index contributed by atoms with van der Waals surface area (Å²) >= 11 is 9.16. The highest BCUT2D eigenvalue weighted by molar-refractivity contribution is 9.10. The van der Waals surface area contributed by atoms with Gasteiger partial charge in [-0.1, -0.05) is 33.6 Å². The van der Waals surface area contributed by atoms with Gasteiger partial charge in [0.2, 0.25) is 0 Å². The first kappa shape index (κ1) is 19.1. The summed E-state index contributed by atoms with van der Waals surface area (Å²) in [6.45, 7) is 1.15. The third-order valence-corrected chi connectivity index (χ3v) is 4.31. The van der Waals surface area contributed by atoms with Crippen molar-refractivity contribution in [1.82, 2.24) is 10.2 Å². The van der Waals surface area contributed by atoms with Crippen molar-refractivity contribution in [3.8, 4) is 0 Å². The Morgan fingerprint density at radius 3 is 2.52 bits per heavy atom. The zero-order valence-electron chi connectivity index (χ0n) is 11.2. The van der Waals surface area contributed by atoms with E-state index in [9.17, 15) is 8.78 Å². The quantitative estimate of drug-likeness (QED) is 0.807. The van der Waals surface area contributed by atoms with Gasteiger partial charge in [-0.15, -0.1) is 12.4 Å². The Bertz CT molecular complexity index is 473. The number of rotatable bonds is 4. The molecule has 1 atom stereocenters. The number of piperazine rings is 1. The van der Waals surface area contributed by atoms with E-state index < -0.39 is 18.6 Å². The van der Waals surface area contributed by atoms with Gasteiger partial charge >= 0.3 is 0 Å². The van der Waals surface area contributed by atoms with E-state index in [-0.39, 0.29) is 12.4 Å². The Morgan fingerprint density at radius 1 is 1.38 bits per heavy atom. The van der Waals surface area contributed by atoms with E-state index in [0.717, 1.165) is 0 Å². The van der Waals surface area contributed by atoms with Crippen molar-refractivity contribution in [2.75, 3.05) is 32.8 Å². The highest BCUT2D eigenvalue weighted by Crippen LogP contribution is 2.40. The molecule has 0 aliphatic carbocycles. The molecule has 1 aromatic rings. The fourth-order valence-electron chi connectivity index (χ4n) is 2.44. The monoisotopic (exact) mass is 404 g/mol. The molecule has 1 heterocycles. The zero-order chi connectivity index (χ0) is 14.8. The lowest BCUT2D eigenvalue weighted by Gasteiger charge is -2.39. The lowest BCUT2D eigenvalue weighted by Crippen LogP contribution is -2.51. The van der Waals surface area contributed by atoms with Crippen LogP contribution in [-0.2, 0) is 0 Å². The maximum atomic E-state index is 14.2. The predicted octanol–water partition coefficient (Wildman–Crippen LogP) is 3.10. The number of aliphatic hydroxyl groups excluding tert-OH is 1. The van der Waals surface area contributed by atoms with E-state index in [0.29, 0.717) is 41.2 Å². The van der Waals surface area contributed by atoms with Crippen LogP contribution in [0.2, 0.25) is 5.02 Å². The van der Waals surface area contributed by atoms with E-state index in [2.05, 4.69) is 21.2 Å². The van der Waals surface area contributed by atoms with Gasteiger partial charge in [0.25, 0.3) is 5.92 Å². The molecule has 8 heteroatoms. The van der Waals surface area contributed by atoms with Gasteiger partial charge in [0.15, 0.2) is 0 Å². The van der Waals surface area contributed by atoms with Crippen LogP contribution in [0.4, 0.5) is 8.78 Å². The maximum Gasteiger partial charge on any atom is 0.289 e. The molecule has 0 unspecified atom stereocenters. The van der Waals surface area contributed by atoms with Crippen LogP contribution in [0.1, 0.15) is 11.6 Å². The van der Waals surface area contributed by atoms with Crippen molar-refractivity contribution < 1.29 is 13.9 Å². The average molecular weight is 406 g/mol. The van der Waals surface area contributed by atoms with Gasteiger partial charge in [0.1, 0.15) is 12.6 Å². The predicted molar refractivity (Wildman–Crippen MR) is 85.6 cm³/mol. The minimum atomic E-state index is -3.21. The topological polar surface area (TPSA) is 35.5 Å². The molecule has 2 N–H and O–H groups in total. The van der Waals surface area contributed by atoms with E-state index in [1.165, 1.54) is 0 Å². The van der Waals surface area contributed by atoms with E-state index >= 15 is 0 Å². The molecular formula is C13H17BrCl2F2N2O. The summed E-state index contributed by atoms with van der Waals surface area (Å²) in [6.07, 6.45) is 0. The third kappa shape index (κ3) is 4.50. The van der Waals surface area contributed by atoms with Crippen molar-refractivity contribution in [1.29, 1.82) is 0 Å². The van der Waals surface area contributed by atoms with Gasteiger partial charge in [0.05, 0.1) is 0 Å². The fraction of sp³-hybridized carbons (Fsp3) is 0.538. The Balaban J connectivity index is 0.00000220. The van der Waals surface area contributed by atoms with Crippen LogP contribution in [0.15, 0.2) is 22.7 Å². The van der Waals surface area contributed by atoms with E-state index in [4.69, 9.17) is 16.7 Å². The van der Waals surface area contributed by atoms with Crippen LogP contribution in [0.3, 0.4) is 0 Å². The van der Waals surface area contributed by atoms with Crippen LogP contribution in [0.5, 0.6) is 0 Å². The lowest BCUT2D eigenvalue weighted by molar-refractivity contribution is -0.118. The number of halogens is 5. The summed E-state index contributed by atoms with van der Waals surface area (Å²) in [5.74, 6) is -3.21. The summed E-state index contributed by atoms with van der Waals surface area (Å²) in [7, 11) is 0.